The number of carboxylic acids is 1. The second-order valence-electron chi connectivity index (χ2n) is 7.65. The number of benzene rings is 2. The number of anilines is 1. The van der Waals surface area contributed by atoms with Gasteiger partial charge in [0.25, 0.3) is 5.91 Å². The van der Waals surface area contributed by atoms with E-state index in [1.54, 1.807) is 37.4 Å². The van der Waals surface area contributed by atoms with Crippen LogP contribution in [0.15, 0.2) is 85.2 Å². The van der Waals surface area contributed by atoms with Crippen LogP contribution in [0.1, 0.15) is 32.0 Å². The van der Waals surface area contributed by atoms with E-state index in [0.717, 1.165) is 12.2 Å². The Hall–Kier alpha value is -4.52. The van der Waals surface area contributed by atoms with Crippen LogP contribution in [0.5, 0.6) is 5.75 Å². The number of ether oxygens (including phenoxy) is 1. The summed E-state index contributed by atoms with van der Waals surface area (Å²) in [5, 5.41) is 12.2. The highest BCUT2D eigenvalue weighted by molar-refractivity contribution is 6.04. The number of aromatic nitrogens is 2. The number of hydrogen-bond donors (Lipinski definition) is 2. The van der Waals surface area contributed by atoms with E-state index in [9.17, 15) is 14.7 Å². The number of carbonyl (C=O) groups excluding carboxylic acids is 1. The van der Waals surface area contributed by atoms with Crippen LogP contribution in [-0.2, 0) is 6.42 Å². The summed E-state index contributed by atoms with van der Waals surface area (Å²) in [7, 11) is 0. The number of hydrogen-bond acceptors (Lipinski definition) is 5. The molecule has 2 aromatic heterocycles. The molecule has 0 saturated heterocycles. The van der Waals surface area contributed by atoms with E-state index in [1.807, 2.05) is 30.3 Å². The molecule has 2 N–H and O–H groups in total. The van der Waals surface area contributed by atoms with E-state index < -0.39 is 5.97 Å². The van der Waals surface area contributed by atoms with Crippen LogP contribution in [-0.4, -0.2) is 33.6 Å². The van der Waals surface area contributed by atoms with Gasteiger partial charge in [-0.3, -0.25) is 14.8 Å². The lowest BCUT2D eigenvalue weighted by Crippen LogP contribution is -2.12. The van der Waals surface area contributed by atoms with Gasteiger partial charge in [-0.15, -0.1) is 0 Å². The Balaban J connectivity index is 1.39. The molecule has 0 fully saturated rings. The van der Waals surface area contributed by atoms with E-state index in [2.05, 4.69) is 27.4 Å². The standard InChI is InChI=1S/C27H23N3O4/c1-18-24(27(32)33)15-21(17-29-18)25-16-20(11-13-28-25)26(31)30-22-7-9-23(10-8-22)34-14-12-19-5-3-2-4-6-19/h2-11,13,15-17H,12,14H2,1H3,(H,30,31)(H,32,33). The Morgan fingerprint density at radius 1 is 0.971 bits per heavy atom. The molecule has 0 spiro atoms. The second kappa shape index (κ2) is 10.4. The summed E-state index contributed by atoms with van der Waals surface area (Å²) in [6.07, 6.45) is 3.87. The van der Waals surface area contributed by atoms with Crippen LogP contribution < -0.4 is 10.1 Å². The Bertz CT molecular complexity index is 1310. The molecule has 34 heavy (non-hydrogen) atoms. The molecule has 7 nitrogen and oxygen atoms in total. The lowest BCUT2D eigenvalue weighted by atomic mass is 10.1. The first-order chi connectivity index (χ1) is 16.5. The predicted molar refractivity (Wildman–Crippen MR) is 129 cm³/mol. The number of nitrogens with zero attached hydrogens (tertiary/aromatic N) is 2. The maximum Gasteiger partial charge on any atom is 0.337 e. The van der Waals surface area contributed by atoms with Crippen molar-refractivity contribution in [2.24, 2.45) is 0 Å². The summed E-state index contributed by atoms with van der Waals surface area (Å²) in [6.45, 7) is 2.19. The van der Waals surface area contributed by atoms with Gasteiger partial charge in [-0.25, -0.2) is 4.79 Å². The molecule has 4 aromatic rings. The van der Waals surface area contributed by atoms with Gasteiger partial charge >= 0.3 is 5.97 Å². The zero-order valence-electron chi connectivity index (χ0n) is 18.6. The molecule has 0 aliphatic carbocycles. The third kappa shape index (κ3) is 5.63. The average Bonchev–Trinajstić information content (AvgIpc) is 2.86. The third-order valence-corrected chi connectivity index (χ3v) is 5.25. The van der Waals surface area contributed by atoms with Crippen LogP contribution in [0, 0.1) is 6.92 Å². The van der Waals surface area contributed by atoms with E-state index in [4.69, 9.17) is 4.74 Å². The van der Waals surface area contributed by atoms with Gasteiger partial charge < -0.3 is 15.2 Å². The van der Waals surface area contributed by atoms with Gasteiger partial charge in [-0.2, -0.15) is 0 Å². The number of aryl methyl sites for hydroxylation is 1. The van der Waals surface area contributed by atoms with Gasteiger partial charge in [0.15, 0.2) is 0 Å². The van der Waals surface area contributed by atoms with Crippen molar-refractivity contribution in [2.75, 3.05) is 11.9 Å². The van der Waals surface area contributed by atoms with Crippen molar-refractivity contribution in [2.45, 2.75) is 13.3 Å². The van der Waals surface area contributed by atoms with E-state index in [0.29, 0.717) is 34.8 Å². The maximum atomic E-state index is 12.8. The molecule has 0 radical (unpaired) electrons. The fourth-order valence-electron chi connectivity index (χ4n) is 3.39. The highest BCUT2D eigenvalue weighted by atomic mass is 16.5. The van der Waals surface area contributed by atoms with Gasteiger partial charge in [0.05, 0.1) is 23.6 Å². The molecule has 170 valence electrons. The number of rotatable bonds is 8. The number of nitrogens with one attached hydrogen (secondary N) is 1. The van der Waals surface area contributed by atoms with Crippen molar-refractivity contribution in [1.82, 2.24) is 9.97 Å². The molecule has 0 atom stereocenters. The molecule has 0 saturated carbocycles. The lowest BCUT2D eigenvalue weighted by Gasteiger charge is -2.09. The van der Waals surface area contributed by atoms with E-state index >= 15 is 0 Å². The monoisotopic (exact) mass is 453 g/mol. The predicted octanol–water partition coefficient (Wildman–Crippen LogP) is 5.02. The van der Waals surface area contributed by atoms with Crippen LogP contribution in [0.2, 0.25) is 0 Å². The topological polar surface area (TPSA) is 101 Å². The van der Waals surface area contributed by atoms with E-state index in [-0.39, 0.29) is 11.5 Å². The van der Waals surface area contributed by atoms with Crippen molar-refractivity contribution in [3.8, 4) is 17.0 Å². The first-order valence-corrected chi connectivity index (χ1v) is 10.7. The maximum absolute atomic E-state index is 12.8. The zero-order valence-corrected chi connectivity index (χ0v) is 18.6. The minimum absolute atomic E-state index is 0.0974. The van der Waals surface area contributed by atoms with Gasteiger partial charge in [0, 0.05) is 35.6 Å². The quantitative estimate of drug-likeness (QED) is 0.388. The molecule has 0 bridgehead atoms. The first kappa shape index (κ1) is 22.7. The summed E-state index contributed by atoms with van der Waals surface area (Å²) in [5.74, 6) is -0.644. The molecule has 2 aromatic carbocycles. The Morgan fingerprint density at radius 2 is 1.74 bits per heavy atom. The molecule has 4 rings (SSSR count). The molecule has 0 unspecified atom stereocenters. The zero-order chi connectivity index (χ0) is 23.9. The third-order valence-electron chi connectivity index (χ3n) is 5.25. The average molecular weight is 453 g/mol. The minimum Gasteiger partial charge on any atom is -0.493 e. The second-order valence-corrected chi connectivity index (χ2v) is 7.65. The van der Waals surface area contributed by atoms with Crippen LogP contribution in [0.4, 0.5) is 5.69 Å². The van der Waals surface area contributed by atoms with Crippen molar-refractivity contribution < 1.29 is 19.4 Å². The summed E-state index contributed by atoms with van der Waals surface area (Å²) in [4.78, 5) is 32.6. The van der Waals surface area contributed by atoms with Gasteiger partial charge in [-0.1, -0.05) is 30.3 Å². The lowest BCUT2D eigenvalue weighted by molar-refractivity contribution is 0.0695. The number of aromatic carboxylic acids is 1. The van der Waals surface area contributed by atoms with E-state index in [1.165, 1.54) is 17.8 Å². The largest absolute Gasteiger partial charge is 0.493 e. The van der Waals surface area contributed by atoms with Crippen molar-refractivity contribution in [3.05, 3.63) is 108 Å². The number of pyridine rings is 2. The fourth-order valence-corrected chi connectivity index (χ4v) is 3.39. The van der Waals surface area contributed by atoms with Crippen LogP contribution in [0.25, 0.3) is 11.3 Å². The highest BCUT2D eigenvalue weighted by Crippen LogP contribution is 2.21. The number of carbonyl (C=O) groups is 2. The molecular weight excluding hydrogens is 430 g/mol. The smallest absolute Gasteiger partial charge is 0.337 e. The highest BCUT2D eigenvalue weighted by Gasteiger charge is 2.13. The molecular formula is C27H23N3O4. The molecule has 1 amide bonds. The normalized spacial score (nSPS) is 10.5. The summed E-state index contributed by atoms with van der Waals surface area (Å²) in [6, 6.07) is 22.0. The SMILES string of the molecule is Cc1ncc(-c2cc(C(=O)Nc3ccc(OCCc4ccccc4)cc3)ccn2)cc1C(=O)O. The summed E-state index contributed by atoms with van der Waals surface area (Å²) >= 11 is 0. The molecule has 0 aliphatic heterocycles. The fraction of sp³-hybridized carbons (Fsp3) is 0.111. The van der Waals surface area contributed by atoms with Crippen LogP contribution in [0.3, 0.4) is 0 Å². The Kier molecular flexibility index (Phi) is 6.93. The Morgan fingerprint density at radius 3 is 2.47 bits per heavy atom. The number of amides is 1. The minimum atomic E-state index is -1.06. The van der Waals surface area contributed by atoms with Crippen molar-refractivity contribution in [3.63, 3.8) is 0 Å². The first-order valence-electron chi connectivity index (χ1n) is 10.7. The van der Waals surface area contributed by atoms with Gasteiger partial charge in [0.2, 0.25) is 0 Å². The summed E-state index contributed by atoms with van der Waals surface area (Å²) in [5.41, 5.74) is 3.73. The van der Waals surface area contributed by atoms with Gasteiger partial charge in [-0.05, 0) is 55.0 Å². The number of carboxylic acid groups (broad SMARTS) is 1. The molecule has 2 heterocycles. The molecule has 7 heteroatoms. The van der Waals surface area contributed by atoms with Crippen molar-refractivity contribution in [1.29, 1.82) is 0 Å². The van der Waals surface area contributed by atoms with Crippen molar-refractivity contribution >= 4 is 17.6 Å². The summed E-state index contributed by atoms with van der Waals surface area (Å²) < 4.78 is 5.79. The van der Waals surface area contributed by atoms with Gasteiger partial charge in [0.1, 0.15) is 5.75 Å². The Labute approximate surface area is 197 Å². The van der Waals surface area contributed by atoms with Crippen LogP contribution >= 0.6 is 0 Å². The molecule has 0 aliphatic rings.